The largest absolute Gasteiger partial charge is 0.306 e. The van der Waals surface area contributed by atoms with E-state index in [0.29, 0.717) is 5.82 Å². The van der Waals surface area contributed by atoms with Crippen LogP contribution in [0.3, 0.4) is 0 Å². The van der Waals surface area contributed by atoms with Gasteiger partial charge in [0.15, 0.2) is 0 Å². The van der Waals surface area contributed by atoms with Crippen molar-refractivity contribution < 1.29 is 4.79 Å². The maximum absolute atomic E-state index is 12.2. The van der Waals surface area contributed by atoms with Crippen LogP contribution in [-0.4, -0.2) is 16.1 Å². The molecule has 1 aliphatic rings. The van der Waals surface area contributed by atoms with Gasteiger partial charge in [0.2, 0.25) is 0 Å². The van der Waals surface area contributed by atoms with Gasteiger partial charge in [-0.05, 0) is 43.7 Å². The fraction of sp³-hybridized carbons (Fsp3) is 0.429. The normalized spacial score (nSPS) is 18.1. The lowest BCUT2D eigenvalue weighted by Crippen LogP contribution is -2.11. The van der Waals surface area contributed by atoms with Crippen molar-refractivity contribution in [2.75, 3.05) is 5.32 Å². The third kappa shape index (κ3) is 2.42. The van der Waals surface area contributed by atoms with Gasteiger partial charge in [-0.25, -0.2) is 0 Å². The zero-order chi connectivity index (χ0) is 13.4. The summed E-state index contributed by atoms with van der Waals surface area (Å²) in [6.07, 6.45) is 5.14. The average Bonchev–Trinajstić information content (AvgIpc) is 2.96. The first-order valence-corrected chi connectivity index (χ1v) is 7.38. The Morgan fingerprint density at radius 3 is 3.16 bits per heavy atom. The van der Waals surface area contributed by atoms with Crippen LogP contribution in [0.5, 0.6) is 0 Å². The van der Waals surface area contributed by atoms with Gasteiger partial charge in [0.1, 0.15) is 5.82 Å². The molecule has 2 aromatic rings. The first-order valence-electron chi connectivity index (χ1n) is 6.56. The monoisotopic (exact) mass is 275 g/mol. The van der Waals surface area contributed by atoms with E-state index in [1.54, 1.807) is 17.5 Å². The molecule has 1 unspecified atom stereocenters. The highest BCUT2D eigenvalue weighted by Gasteiger charge is 2.21. The number of thiophene rings is 1. The summed E-state index contributed by atoms with van der Waals surface area (Å²) >= 11 is 1.63. The fourth-order valence-electron chi connectivity index (χ4n) is 2.47. The van der Waals surface area contributed by atoms with E-state index in [0.717, 1.165) is 29.2 Å². The molecule has 4 nitrogen and oxygen atoms in total. The molecule has 0 aliphatic heterocycles. The van der Waals surface area contributed by atoms with E-state index in [4.69, 9.17) is 0 Å². The van der Waals surface area contributed by atoms with Crippen LogP contribution in [0.2, 0.25) is 0 Å². The van der Waals surface area contributed by atoms with Crippen LogP contribution in [0.15, 0.2) is 12.3 Å². The van der Waals surface area contributed by atoms with Gasteiger partial charge < -0.3 is 5.32 Å². The molecule has 1 aliphatic carbocycles. The maximum Gasteiger partial charge on any atom is 0.266 e. The highest BCUT2D eigenvalue weighted by Crippen LogP contribution is 2.32. The molecule has 0 fully saturated rings. The van der Waals surface area contributed by atoms with Crippen LogP contribution in [0.1, 0.15) is 39.0 Å². The molecule has 19 heavy (non-hydrogen) atoms. The van der Waals surface area contributed by atoms with Crippen LogP contribution in [0.25, 0.3) is 0 Å². The Kier molecular flexibility index (Phi) is 3.14. The Morgan fingerprint density at radius 2 is 2.42 bits per heavy atom. The van der Waals surface area contributed by atoms with Crippen molar-refractivity contribution >= 4 is 23.1 Å². The van der Waals surface area contributed by atoms with Gasteiger partial charge in [-0.3, -0.25) is 9.89 Å². The number of fused-ring (bicyclic) bond motifs is 1. The molecular weight excluding hydrogens is 258 g/mol. The minimum atomic E-state index is -0.0422. The van der Waals surface area contributed by atoms with E-state index in [2.05, 4.69) is 28.5 Å². The van der Waals surface area contributed by atoms with Crippen molar-refractivity contribution in [3.05, 3.63) is 33.1 Å². The molecule has 0 saturated carbocycles. The number of anilines is 1. The van der Waals surface area contributed by atoms with Crippen LogP contribution in [0, 0.1) is 12.8 Å². The smallest absolute Gasteiger partial charge is 0.266 e. The summed E-state index contributed by atoms with van der Waals surface area (Å²) in [6, 6.07) is 2.05. The summed E-state index contributed by atoms with van der Waals surface area (Å²) in [5, 5.41) is 9.58. The van der Waals surface area contributed by atoms with E-state index in [1.807, 2.05) is 6.92 Å². The van der Waals surface area contributed by atoms with Gasteiger partial charge in [0.25, 0.3) is 5.91 Å². The molecule has 100 valence electrons. The number of nitrogens with zero attached hydrogens (tertiary/aromatic N) is 1. The molecule has 2 N–H and O–H groups in total. The van der Waals surface area contributed by atoms with E-state index in [-0.39, 0.29) is 5.91 Å². The van der Waals surface area contributed by atoms with E-state index >= 15 is 0 Å². The van der Waals surface area contributed by atoms with Crippen molar-refractivity contribution in [3.8, 4) is 0 Å². The Labute approximate surface area is 116 Å². The molecule has 5 heteroatoms. The minimum absolute atomic E-state index is 0.0422. The number of nitrogens with one attached hydrogen (secondary N) is 2. The summed E-state index contributed by atoms with van der Waals surface area (Å²) in [4.78, 5) is 14.4. The Bertz CT molecular complexity index is 614. The van der Waals surface area contributed by atoms with Crippen molar-refractivity contribution in [3.63, 3.8) is 0 Å². The van der Waals surface area contributed by atoms with Gasteiger partial charge >= 0.3 is 0 Å². The lowest BCUT2D eigenvalue weighted by Gasteiger charge is -2.16. The standard InChI is InChI=1S/C14H17N3OS/c1-8-3-4-11-10(5-8)6-12(19-11)14(18)16-13-9(2)7-15-17-13/h6-8H,3-5H2,1-2H3,(H2,15,16,17,18). The molecule has 0 spiro atoms. The lowest BCUT2D eigenvalue weighted by atomic mass is 9.90. The number of carbonyl (C=O) groups excluding carboxylic acids is 1. The predicted molar refractivity (Wildman–Crippen MR) is 76.8 cm³/mol. The van der Waals surface area contributed by atoms with E-state index in [9.17, 15) is 4.79 Å². The molecule has 0 bridgehead atoms. The fourth-order valence-corrected chi connectivity index (χ4v) is 3.57. The van der Waals surface area contributed by atoms with Gasteiger partial charge in [-0.1, -0.05) is 6.92 Å². The second-order valence-corrected chi connectivity index (χ2v) is 6.43. The number of rotatable bonds is 2. The van der Waals surface area contributed by atoms with Crippen molar-refractivity contribution in [1.82, 2.24) is 10.2 Å². The Hall–Kier alpha value is -1.62. The first kappa shape index (κ1) is 12.4. The second-order valence-electron chi connectivity index (χ2n) is 5.29. The number of aromatic nitrogens is 2. The van der Waals surface area contributed by atoms with Gasteiger partial charge in [-0.15, -0.1) is 11.3 Å². The number of carbonyl (C=O) groups is 1. The SMILES string of the molecule is Cc1cn[nH]c1NC(=O)c1cc2c(s1)CCC(C)C2. The van der Waals surface area contributed by atoms with Crippen LogP contribution >= 0.6 is 11.3 Å². The van der Waals surface area contributed by atoms with Gasteiger partial charge in [0, 0.05) is 10.4 Å². The highest BCUT2D eigenvalue weighted by molar-refractivity contribution is 7.14. The highest BCUT2D eigenvalue weighted by atomic mass is 32.1. The van der Waals surface area contributed by atoms with Crippen LogP contribution in [0.4, 0.5) is 5.82 Å². The average molecular weight is 275 g/mol. The van der Waals surface area contributed by atoms with E-state index in [1.165, 1.54) is 16.9 Å². The third-order valence-electron chi connectivity index (χ3n) is 3.62. The molecular formula is C14H17N3OS. The number of H-pyrrole nitrogens is 1. The molecule has 1 atom stereocenters. The lowest BCUT2D eigenvalue weighted by molar-refractivity contribution is 0.103. The quantitative estimate of drug-likeness (QED) is 0.884. The second kappa shape index (κ2) is 4.81. The number of hydrogen-bond acceptors (Lipinski definition) is 3. The van der Waals surface area contributed by atoms with Crippen molar-refractivity contribution in [1.29, 1.82) is 0 Å². The first-order chi connectivity index (χ1) is 9.13. The van der Waals surface area contributed by atoms with Gasteiger partial charge in [-0.2, -0.15) is 5.10 Å². The summed E-state index contributed by atoms with van der Waals surface area (Å²) in [5.74, 6) is 1.37. The van der Waals surface area contributed by atoms with Crippen molar-refractivity contribution in [2.24, 2.45) is 5.92 Å². The number of aromatic amines is 1. The zero-order valence-corrected chi connectivity index (χ0v) is 11.9. The molecule has 0 radical (unpaired) electrons. The zero-order valence-electron chi connectivity index (χ0n) is 11.1. The predicted octanol–water partition coefficient (Wildman–Crippen LogP) is 3.16. The Balaban J connectivity index is 1.79. The van der Waals surface area contributed by atoms with Crippen LogP contribution in [-0.2, 0) is 12.8 Å². The summed E-state index contributed by atoms with van der Waals surface area (Å²) < 4.78 is 0. The molecule has 0 aromatic carbocycles. The molecule has 2 aromatic heterocycles. The summed E-state index contributed by atoms with van der Waals surface area (Å²) in [7, 11) is 0. The third-order valence-corrected chi connectivity index (χ3v) is 4.86. The summed E-state index contributed by atoms with van der Waals surface area (Å²) in [6.45, 7) is 4.19. The molecule has 3 rings (SSSR count). The Morgan fingerprint density at radius 1 is 1.58 bits per heavy atom. The topological polar surface area (TPSA) is 57.8 Å². The summed E-state index contributed by atoms with van der Waals surface area (Å²) in [5.41, 5.74) is 2.30. The molecule has 0 saturated heterocycles. The minimum Gasteiger partial charge on any atom is -0.306 e. The van der Waals surface area contributed by atoms with Crippen molar-refractivity contribution in [2.45, 2.75) is 33.1 Å². The number of amides is 1. The van der Waals surface area contributed by atoms with E-state index < -0.39 is 0 Å². The van der Waals surface area contributed by atoms with Gasteiger partial charge in [0.05, 0.1) is 11.1 Å². The molecule has 1 amide bonds. The number of hydrogen-bond donors (Lipinski definition) is 2. The maximum atomic E-state index is 12.2. The van der Waals surface area contributed by atoms with Crippen LogP contribution < -0.4 is 5.32 Å². The number of aryl methyl sites for hydroxylation is 2. The molecule has 2 heterocycles.